The number of anilines is 1. The highest BCUT2D eigenvalue weighted by Crippen LogP contribution is 2.36. The van der Waals surface area contributed by atoms with Crippen molar-refractivity contribution in [2.45, 2.75) is 91.6 Å². The van der Waals surface area contributed by atoms with Gasteiger partial charge in [-0.3, -0.25) is 0 Å². The Morgan fingerprint density at radius 1 is 1.00 bits per heavy atom. The van der Waals surface area contributed by atoms with Crippen LogP contribution in [0.15, 0.2) is 12.3 Å². The van der Waals surface area contributed by atoms with Gasteiger partial charge in [-0.15, -0.1) is 10.00 Å². The summed E-state index contributed by atoms with van der Waals surface area (Å²) in [5.41, 5.74) is -2.85. The third-order valence-corrected chi connectivity index (χ3v) is 5.30. The largest absolute Gasteiger partial charge is 0.498 e. The number of halogens is 1. The number of hydrogen-bond donors (Lipinski definition) is 0. The molecule has 0 saturated carbocycles. The summed E-state index contributed by atoms with van der Waals surface area (Å²) in [6, 6.07) is 1.40. The lowest BCUT2D eigenvalue weighted by atomic mass is 9.79. The highest BCUT2D eigenvalue weighted by atomic mass is 19.1. The SMILES string of the molecule is CC(C)(C)OC(=O)N(C(=O)OC(C)(C)C)c1nc2cc(B3OC(C)(C)C(C)(C)O3)c(F)cn2n1. The van der Waals surface area contributed by atoms with Gasteiger partial charge in [0, 0.05) is 5.46 Å². The maximum atomic E-state index is 15.0. The van der Waals surface area contributed by atoms with E-state index in [2.05, 4.69) is 10.1 Å². The second kappa shape index (κ2) is 8.19. The van der Waals surface area contributed by atoms with Crippen LogP contribution in [0.3, 0.4) is 0 Å². The second-order valence-corrected chi connectivity index (χ2v) is 11.2. The fourth-order valence-electron chi connectivity index (χ4n) is 3.01. The van der Waals surface area contributed by atoms with Gasteiger partial charge in [-0.1, -0.05) is 0 Å². The van der Waals surface area contributed by atoms with Crippen LogP contribution in [0.4, 0.5) is 19.9 Å². The molecule has 2 aromatic heterocycles. The zero-order valence-corrected chi connectivity index (χ0v) is 21.3. The number of amides is 2. The lowest BCUT2D eigenvalue weighted by Gasteiger charge is -2.32. The van der Waals surface area contributed by atoms with Crippen LogP contribution in [0.5, 0.6) is 0 Å². The van der Waals surface area contributed by atoms with Crippen molar-refractivity contribution in [3.05, 3.63) is 18.1 Å². The predicted octanol–water partition coefficient (Wildman–Crippen LogP) is 3.84. The van der Waals surface area contributed by atoms with Gasteiger partial charge in [-0.2, -0.15) is 4.98 Å². The quantitative estimate of drug-likeness (QED) is 0.600. The van der Waals surface area contributed by atoms with E-state index in [1.165, 1.54) is 6.07 Å². The second-order valence-electron chi connectivity index (χ2n) is 11.2. The van der Waals surface area contributed by atoms with Gasteiger partial charge in [-0.05, 0) is 75.3 Å². The van der Waals surface area contributed by atoms with Gasteiger partial charge in [0.2, 0.25) is 0 Å². The van der Waals surface area contributed by atoms with E-state index in [0.717, 1.165) is 10.7 Å². The molecule has 1 saturated heterocycles. The minimum Gasteiger partial charge on any atom is -0.443 e. The number of carbonyl (C=O) groups excluding carboxylic acids is 2. The molecule has 34 heavy (non-hydrogen) atoms. The average Bonchev–Trinajstić information content (AvgIpc) is 3.07. The first-order valence-corrected chi connectivity index (χ1v) is 11.0. The normalized spacial score (nSPS) is 17.7. The number of carbonyl (C=O) groups is 2. The van der Waals surface area contributed by atoms with Crippen LogP contribution in [0.2, 0.25) is 0 Å². The Morgan fingerprint density at radius 3 is 1.91 bits per heavy atom. The van der Waals surface area contributed by atoms with Gasteiger partial charge in [0.15, 0.2) is 5.65 Å². The fraction of sp³-hybridized carbons (Fsp3) is 0.636. The van der Waals surface area contributed by atoms with Gasteiger partial charge in [0.05, 0.1) is 17.4 Å². The Balaban J connectivity index is 2.03. The van der Waals surface area contributed by atoms with Crippen molar-refractivity contribution < 1.29 is 32.8 Å². The summed E-state index contributed by atoms with van der Waals surface area (Å²) >= 11 is 0. The van der Waals surface area contributed by atoms with E-state index in [-0.39, 0.29) is 17.1 Å². The first-order valence-electron chi connectivity index (χ1n) is 11.0. The van der Waals surface area contributed by atoms with E-state index in [9.17, 15) is 9.59 Å². The van der Waals surface area contributed by atoms with Crippen molar-refractivity contribution in [2.75, 3.05) is 4.90 Å². The molecule has 2 aromatic rings. The number of fused-ring (bicyclic) bond motifs is 1. The van der Waals surface area contributed by atoms with E-state index in [4.69, 9.17) is 18.8 Å². The summed E-state index contributed by atoms with van der Waals surface area (Å²) in [6.45, 7) is 17.4. The molecular formula is C22H32BFN4O6. The molecule has 186 valence electrons. The monoisotopic (exact) mass is 478 g/mol. The first-order chi connectivity index (χ1) is 15.3. The van der Waals surface area contributed by atoms with Gasteiger partial charge < -0.3 is 18.8 Å². The highest BCUT2D eigenvalue weighted by Gasteiger charge is 2.52. The van der Waals surface area contributed by atoms with E-state index < -0.39 is 47.5 Å². The molecule has 1 aliphatic rings. The molecule has 12 heteroatoms. The Bertz CT molecular complexity index is 1080. The molecular weight excluding hydrogens is 446 g/mol. The lowest BCUT2D eigenvalue weighted by molar-refractivity contribution is 0.00578. The summed E-state index contributed by atoms with van der Waals surface area (Å²) in [5, 5.41) is 4.11. The predicted molar refractivity (Wildman–Crippen MR) is 124 cm³/mol. The molecule has 10 nitrogen and oxygen atoms in total. The van der Waals surface area contributed by atoms with Crippen LogP contribution < -0.4 is 10.4 Å². The smallest absolute Gasteiger partial charge is 0.443 e. The Morgan fingerprint density at radius 2 is 1.47 bits per heavy atom. The standard InChI is InChI=1S/C22H32BFN4O6/c1-19(2,3)31-17(29)28(18(30)32-20(4,5)6)16-25-15-11-13(14(24)12-27(15)26-16)23-33-21(7,8)22(9,10)34-23/h11-12H,1-10H3. The topological polar surface area (TPSA) is 104 Å². The molecule has 0 aromatic carbocycles. The number of ether oxygens (including phenoxy) is 2. The molecule has 0 atom stereocenters. The molecule has 3 rings (SSSR count). The zero-order valence-electron chi connectivity index (χ0n) is 21.3. The molecule has 1 aliphatic heterocycles. The minimum atomic E-state index is -1.02. The number of hydrogen-bond acceptors (Lipinski definition) is 8. The summed E-state index contributed by atoms with van der Waals surface area (Å²) in [4.78, 5) is 30.5. The van der Waals surface area contributed by atoms with Crippen molar-refractivity contribution in [1.29, 1.82) is 0 Å². The minimum absolute atomic E-state index is 0.117. The highest BCUT2D eigenvalue weighted by molar-refractivity contribution is 6.62. The van der Waals surface area contributed by atoms with Crippen LogP contribution in [-0.4, -0.2) is 56.3 Å². The van der Waals surface area contributed by atoms with Crippen LogP contribution in [-0.2, 0) is 18.8 Å². The van der Waals surface area contributed by atoms with Crippen molar-refractivity contribution in [1.82, 2.24) is 14.6 Å². The molecule has 0 unspecified atom stereocenters. The van der Waals surface area contributed by atoms with Gasteiger partial charge in [0.25, 0.3) is 5.95 Å². The van der Waals surface area contributed by atoms with E-state index in [0.29, 0.717) is 4.90 Å². The zero-order chi connectivity index (χ0) is 25.9. The van der Waals surface area contributed by atoms with E-state index >= 15 is 4.39 Å². The third kappa shape index (κ3) is 5.33. The van der Waals surface area contributed by atoms with Gasteiger partial charge in [-0.25, -0.2) is 18.5 Å². The summed E-state index contributed by atoms with van der Waals surface area (Å²) in [6.07, 6.45) is -0.970. The molecule has 0 radical (unpaired) electrons. The summed E-state index contributed by atoms with van der Waals surface area (Å²) in [5.74, 6) is -0.975. The van der Waals surface area contributed by atoms with Crippen LogP contribution >= 0.6 is 0 Å². The third-order valence-electron chi connectivity index (χ3n) is 5.30. The average molecular weight is 478 g/mol. The number of pyridine rings is 1. The van der Waals surface area contributed by atoms with Crippen molar-refractivity contribution in [3.63, 3.8) is 0 Å². The van der Waals surface area contributed by atoms with Crippen LogP contribution in [0.1, 0.15) is 69.2 Å². The maximum Gasteiger partial charge on any atom is 0.498 e. The first kappa shape index (κ1) is 25.9. The maximum absolute atomic E-state index is 15.0. The molecule has 1 fully saturated rings. The van der Waals surface area contributed by atoms with Gasteiger partial charge in [0.1, 0.15) is 17.0 Å². The molecule has 0 spiro atoms. The van der Waals surface area contributed by atoms with Crippen LogP contribution in [0, 0.1) is 5.82 Å². The molecule has 0 N–H and O–H groups in total. The van der Waals surface area contributed by atoms with Crippen molar-refractivity contribution >= 4 is 36.4 Å². The Kier molecular flexibility index (Phi) is 6.24. The lowest BCUT2D eigenvalue weighted by Crippen LogP contribution is -2.44. The number of rotatable bonds is 2. The Hall–Kier alpha value is -2.73. The summed E-state index contributed by atoms with van der Waals surface area (Å²) < 4.78 is 38.7. The molecule has 0 aliphatic carbocycles. The van der Waals surface area contributed by atoms with E-state index in [1.54, 1.807) is 41.5 Å². The fourth-order valence-corrected chi connectivity index (χ4v) is 3.01. The van der Waals surface area contributed by atoms with Crippen LogP contribution in [0.25, 0.3) is 5.65 Å². The summed E-state index contributed by atoms with van der Waals surface area (Å²) in [7, 11) is -0.969. The molecule has 3 heterocycles. The number of aromatic nitrogens is 3. The van der Waals surface area contributed by atoms with E-state index in [1.807, 2.05) is 27.7 Å². The number of nitrogens with zero attached hydrogens (tertiary/aromatic N) is 4. The van der Waals surface area contributed by atoms with Gasteiger partial charge >= 0.3 is 19.3 Å². The molecule has 0 bridgehead atoms. The van der Waals surface area contributed by atoms with Crippen molar-refractivity contribution in [2.24, 2.45) is 0 Å². The Labute approximate surface area is 198 Å². The van der Waals surface area contributed by atoms with Crippen molar-refractivity contribution in [3.8, 4) is 0 Å². The molecule has 2 amide bonds. The number of imide groups is 1.